The average molecular weight is 201 g/mol. The van der Waals surface area contributed by atoms with E-state index in [0.717, 1.165) is 16.9 Å². The molecule has 0 spiro atoms. The van der Waals surface area contributed by atoms with E-state index in [9.17, 15) is 0 Å². The lowest BCUT2D eigenvalue weighted by molar-refractivity contribution is 0.619. The maximum atomic E-state index is 8.04. The predicted octanol–water partition coefficient (Wildman–Crippen LogP) is 1.91. The molecule has 2 aromatic rings. The van der Waals surface area contributed by atoms with Crippen LogP contribution in [0.5, 0.6) is 0 Å². The minimum Gasteiger partial charge on any atom is -0.286 e. The topological polar surface area (TPSA) is 33.7 Å². The van der Waals surface area contributed by atoms with Crippen LogP contribution in [0, 0.1) is 19.3 Å². The Morgan fingerprint density at radius 1 is 1.07 bits per heavy atom. The van der Waals surface area contributed by atoms with Crippen molar-refractivity contribution in [3.8, 4) is 5.69 Å². The van der Waals surface area contributed by atoms with Crippen molar-refractivity contribution in [1.82, 2.24) is 9.36 Å². The number of aromatic nitrogens is 2. The van der Waals surface area contributed by atoms with Crippen LogP contribution in [0.15, 0.2) is 30.3 Å². The fourth-order valence-electron chi connectivity index (χ4n) is 1.74. The van der Waals surface area contributed by atoms with Gasteiger partial charge in [0.1, 0.15) is 5.49 Å². The second-order valence-electron chi connectivity index (χ2n) is 3.73. The monoisotopic (exact) mass is 201 g/mol. The van der Waals surface area contributed by atoms with Crippen LogP contribution in [0.4, 0.5) is 0 Å². The van der Waals surface area contributed by atoms with Gasteiger partial charge in [-0.3, -0.25) is 10.1 Å². The maximum absolute atomic E-state index is 8.04. The second-order valence-corrected chi connectivity index (χ2v) is 3.73. The van der Waals surface area contributed by atoms with Crippen LogP contribution < -0.4 is 5.49 Å². The molecule has 0 saturated heterocycles. The summed E-state index contributed by atoms with van der Waals surface area (Å²) in [5.74, 6) is 0. The lowest BCUT2D eigenvalue weighted by Crippen LogP contribution is -2.20. The maximum Gasteiger partial charge on any atom is 0.149 e. The lowest BCUT2D eigenvalue weighted by Gasteiger charge is -2.08. The molecule has 1 aromatic heterocycles. The van der Waals surface area contributed by atoms with E-state index in [-0.39, 0.29) is 0 Å². The Morgan fingerprint density at radius 2 is 1.67 bits per heavy atom. The molecule has 1 heterocycles. The first-order valence-electron chi connectivity index (χ1n) is 4.98. The molecule has 0 fully saturated rings. The molecule has 78 valence electrons. The van der Waals surface area contributed by atoms with E-state index in [1.807, 2.05) is 60.6 Å². The van der Waals surface area contributed by atoms with Crippen molar-refractivity contribution in [2.75, 3.05) is 0 Å². The molecular formula is C12H15N3. The highest BCUT2D eigenvalue weighted by molar-refractivity contribution is 5.32. The fourth-order valence-corrected chi connectivity index (χ4v) is 1.74. The van der Waals surface area contributed by atoms with Gasteiger partial charge in [-0.2, -0.15) is 0 Å². The Labute approximate surface area is 89.1 Å². The number of nitrogens with zero attached hydrogens (tertiary/aromatic N) is 2. The third kappa shape index (κ3) is 1.40. The third-order valence-corrected chi connectivity index (χ3v) is 2.90. The summed E-state index contributed by atoms with van der Waals surface area (Å²) >= 11 is 0. The molecule has 3 nitrogen and oxygen atoms in total. The number of nitrogens with one attached hydrogen (secondary N) is 1. The molecule has 0 aliphatic rings. The SMILES string of the molecule is Cc1c(C)n(C)n(-c2ccccc2)c1=N. The van der Waals surface area contributed by atoms with Crippen molar-refractivity contribution in [3.63, 3.8) is 0 Å². The molecule has 0 radical (unpaired) electrons. The highest BCUT2D eigenvalue weighted by Crippen LogP contribution is 2.08. The van der Waals surface area contributed by atoms with Gasteiger partial charge in [0, 0.05) is 18.3 Å². The van der Waals surface area contributed by atoms with Crippen molar-refractivity contribution in [3.05, 3.63) is 47.1 Å². The van der Waals surface area contributed by atoms with Gasteiger partial charge in [0.15, 0.2) is 0 Å². The van der Waals surface area contributed by atoms with Crippen molar-refractivity contribution < 1.29 is 0 Å². The number of rotatable bonds is 1. The molecule has 1 aromatic carbocycles. The standard InChI is InChI=1S/C12H15N3/c1-9-10(2)14(3)15(12(9)13)11-7-5-4-6-8-11/h4-8,13H,1-3H3. The summed E-state index contributed by atoms with van der Waals surface area (Å²) in [4.78, 5) is 0. The summed E-state index contributed by atoms with van der Waals surface area (Å²) in [6.07, 6.45) is 0. The van der Waals surface area contributed by atoms with E-state index < -0.39 is 0 Å². The van der Waals surface area contributed by atoms with Gasteiger partial charge in [-0.1, -0.05) is 18.2 Å². The number of benzene rings is 1. The van der Waals surface area contributed by atoms with Crippen LogP contribution in [-0.4, -0.2) is 9.36 Å². The largest absolute Gasteiger partial charge is 0.286 e. The Hall–Kier alpha value is -1.77. The van der Waals surface area contributed by atoms with Gasteiger partial charge in [-0.25, -0.2) is 4.68 Å². The van der Waals surface area contributed by atoms with Crippen molar-refractivity contribution in [1.29, 1.82) is 5.41 Å². The predicted molar refractivity (Wildman–Crippen MR) is 60.1 cm³/mol. The fraction of sp³-hybridized carbons (Fsp3) is 0.250. The molecule has 0 atom stereocenters. The van der Waals surface area contributed by atoms with Gasteiger partial charge in [0.25, 0.3) is 0 Å². The summed E-state index contributed by atoms with van der Waals surface area (Å²) in [6.45, 7) is 4.02. The second kappa shape index (κ2) is 3.42. The van der Waals surface area contributed by atoms with Crippen LogP contribution in [0.1, 0.15) is 11.3 Å². The molecule has 2 rings (SSSR count). The number of hydrogen-bond acceptors (Lipinski definition) is 1. The van der Waals surface area contributed by atoms with E-state index in [1.165, 1.54) is 0 Å². The highest BCUT2D eigenvalue weighted by Gasteiger charge is 2.08. The van der Waals surface area contributed by atoms with Gasteiger partial charge in [0.2, 0.25) is 0 Å². The summed E-state index contributed by atoms with van der Waals surface area (Å²) in [7, 11) is 1.98. The van der Waals surface area contributed by atoms with E-state index in [0.29, 0.717) is 5.49 Å². The van der Waals surface area contributed by atoms with Gasteiger partial charge < -0.3 is 0 Å². The first-order valence-corrected chi connectivity index (χ1v) is 4.98. The molecule has 15 heavy (non-hydrogen) atoms. The molecule has 3 heteroatoms. The zero-order valence-corrected chi connectivity index (χ0v) is 9.28. The van der Waals surface area contributed by atoms with Gasteiger partial charge in [-0.15, -0.1) is 0 Å². The van der Waals surface area contributed by atoms with E-state index >= 15 is 0 Å². The quantitative estimate of drug-likeness (QED) is 0.731. The minimum atomic E-state index is 0.557. The van der Waals surface area contributed by atoms with Gasteiger partial charge in [-0.05, 0) is 26.0 Å². The van der Waals surface area contributed by atoms with Gasteiger partial charge >= 0.3 is 0 Å². The van der Waals surface area contributed by atoms with E-state index in [4.69, 9.17) is 5.41 Å². The Kier molecular flexibility index (Phi) is 2.23. The summed E-state index contributed by atoms with van der Waals surface area (Å²) in [6, 6.07) is 9.98. The molecule has 0 saturated carbocycles. The zero-order valence-electron chi connectivity index (χ0n) is 9.28. The van der Waals surface area contributed by atoms with Crippen molar-refractivity contribution in [2.24, 2.45) is 7.05 Å². The molecule has 0 bridgehead atoms. The van der Waals surface area contributed by atoms with Crippen LogP contribution in [0.3, 0.4) is 0 Å². The van der Waals surface area contributed by atoms with Crippen molar-refractivity contribution >= 4 is 0 Å². The average Bonchev–Trinajstić information content (AvgIpc) is 2.45. The molecule has 0 aliphatic carbocycles. The first kappa shape index (κ1) is 9.77. The third-order valence-electron chi connectivity index (χ3n) is 2.90. The smallest absolute Gasteiger partial charge is 0.149 e. The summed E-state index contributed by atoms with van der Waals surface area (Å²) < 4.78 is 3.91. The van der Waals surface area contributed by atoms with E-state index in [1.54, 1.807) is 0 Å². The first-order chi connectivity index (χ1) is 7.13. The molecule has 0 unspecified atom stereocenters. The minimum absolute atomic E-state index is 0.557. The van der Waals surface area contributed by atoms with Crippen LogP contribution >= 0.6 is 0 Å². The Balaban J connectivity index is 2.75. The zero-order chi connectivity index (χ0) is 11.0. The highest BCUT2D eigenvalue weighted by atomic mass is 15.4. The van der Waals surface area contributed by atoms with Crippen LogP contribution in [0.25, 0.3) is 5.69 Å². The summed E-state index contributed by atoms with van der Waals surface area (Å²) in [5.41, 5.74) is 3.74. The Bertz CT molecular complexity index is 532. The molecular weight excluding hydrogens is 186 g/mol. The lowest BCUT2D eigenvalue weighted by atomic mass is 10.3. The molecule has 0 amide bonds. The number of hydrogen-bond donors (Lipinski definition) is 1. The van der Waals surface area contributed by atoms with Crippen LogP contribution in [-0.2, 0) is 7.05 Å². The normalized spacial score (nSPS) is 10.6. The van der Waals surface area contributed by atoms with E-state index in [2.05, 4.69) is 0 Å². The number of para-hydroxylation sites is 1. The van der Waals surface area contributed by atoms with Crippen LogP contribution in [0.2, 0.25) is 0 Å². The molecule has 0 aliphatic heterocycles. The molecule has 1 N–H and O–H groups in total. The van der Waals surface area contributed by atoms with Gasteiger partial charge in [0.05, 0.1) is 5.69 Å². The summed E-state index contributed by atoms with van der Waals surface area (Å²) in [5, 5.41) is 8.04. The Morgan fingerprint density at radius 3 is 2.13 bits per heavy atom. The van der Waals surface area contributed by atoms with Crippen molar-refractivity contribution in [2.45, 2.75) is 13.8 Å².